The number of rotatable bonds is 1. The van der Waals surface area contributed by atoms with Crippen molar-refractivity contribution in [3.05, 3.63) is 77.6 Å². The molecule has 1 aromatic heterocycles. The van der Waals surface area contributed by atoms with Crippen LogP contribution in [0.4, 0.5) is 4.39 Å². The number of hydrogen-bond donors (Lipinski definition) is 0. The molecule has 0 unspecified atom stereocenters. The Labute approximate surface area is 166 Å². The van der Waals surface area contributed by atoms with Gasteiger partial charge < -0.3 is 4.58 Å². The van der Waals surface area contributed by atoms with Crippen LogP contribution >= 0.6 is 11.6 Å². The van der Waals surface area contributed by atoms with Gasteiger partial charge in [0.15, 0.2) is 0 Å². The van der Waals surface area contributed by atoms with Crippen LogP contribution in [0, 0.1) is 5.82 Å². The average molecular weight is 424 g/mol. The number of hydrogen-bond acceptors (Lipinski definition) is 3. The lowest BCUT2D eigenvalue weighted by Gasteiger charge is -2.12. The number of benzene rings is 3. The molecule has 1 aliphatic heterocycles. The Hall–Kier alpha value is -2.04. The quantitative estimate of drug-likeness (QED) is 0.255. The molecule has 0 fully saturated rings. The molecule has 1 aliphatic rings. The molecule has 3 aromatic carbocycles. The molecule has 4 aromatic rings. The average Bonchev–Trinajstić information content (AvgIpc) is 3.27. The fraction of sp³-hybridized carbons (Fsp3) is 0. The van der Waals surface area contributed by atoms with Gasteiger partial charge in [0.2, 0.25) is 0 Å². The van der Waals surface area contributed by atoms with Gasteiger partial charge in [-0.15, -0.1) is 0 Å². The Kier molecular flexibility index (Phi) is 5.65. The van der Waals surface area contributed by atoms with Crippen LogP contribution in [0.15, 0.2) is 66.7 Å². The van der Waals surface area contributed by atoms with Crippen molar-refractivity contribution < 1.29 is 13.5 Å². The van der Waals surface area contributed by atoms with E-state index in [4.69, 9.17) is 11.6 Å². The van der Waals surface area contributed by atoms with E-state index in [1.807, 2.05) is 42.5 Å². The Balaban J connectivity index is 0.000000314. The molecule has 0 spiro atoms. The maximum absolute atomic E-state index is 14.4. The van der Waals surface area contributed by atoms with E-state index in [-0.39, 0.29) is 5.82 Å². The van der Waals surface area contributed by atoms with E-state index in [1.54, 1.807) is 18.2 Å². The first kappa shape index (κ1) is 18.3. The molecule has 2 heterocycles. The molecule has 0 bridgehead atoms. The minimum Gasteiger partial charge on any atom is -0.425 e. The Morgan fingerprint density at radius 2 is 1.63 bits per heavy atom. The summed E-state index contributed by atoms with van der Waals surface area (Å²) in [4.78, 5) is 4.65. The van der Waals surface area contributed by atoms with Gasteiger partial charge in [-0.3, -0.25) is 4.58 Å². The molecule has 27 heavy (non-hydrogen) atoms. The van der Waals surface area contributed by atoms with Crippen LogP contribution in [-0.4, -0.2) is 31.3 Å². The first-order chi connectivity index (χ1) is 13.2. The van der Waals surface area contributed by atoms with Gasteiger partial charge in [0.25, 0.3) is 0 Å². The third kappa shape index (κ3) is 3.97. The summed E-state index contributed by atoms with van der Waals surface area (Å²) in [6.07, 6.45) is 0. The van der Waals surface area contributed by atoms with Crippen molar-refractivity contribution in [3.8, 4) is 11.1 Å². The van der Waals surface area contributed by atoms with Crippen molar-refractivity contribution in [2.75, 3.05) is 0 Å². The summed E-state index contributed by atoms with van der Waals surface area (Å²) in [5, 5.41) is 2.39. The topological polar surface area (TPSA) is 31.4 Å². The zero-order valence-corrected chi connectivity index (χ0v) is 17.6. The number of pyridine rings is 1. The minimum absolute atomic E-state index is 0.250. The SMILES string of the molecule is Fc1ccccc1-c1c2ccccc2nc2ccc(Cl)cc12.O1O[Si]=[Si][Si]1. The number of halogens is 2. The molecule has 4 radical (unpaired) electrons. The molecular formula is C19H11ClFNO2Si3. The highest BCUT2D eigenvalue weighted by atomic mass is 35.5. The zero-order valence-electron chi connectivity index (χ0n) is 13.9. The Morgan fingerprint density at radius 3 is 2.37 bits per heavy atom. The molecule has 5 rings (SSSR count). The summed E-state index contributed by atoms with van der Waals surface area (Å²) in [5.74, 6) is -0.250. The van der Waals surface area contributed by atoms with Crippen molar-refractivity contribution in [2.45, 2.75) is 0 Å². The predicted octanol–water partition coefficient (Wildman–Crippen LogP) is 4.57. The molecule has 0 amide bonds. The van der Waals surface area contributed by atoms with E-state index in [0.717, 1.165) is 35.5 Å². The standard InChI is InChI=1S/C19H11ClFN.O2Si3/c20-12-9-10-18-15(11-12)19(13-5-1-3-7-16(13)21)14-6-2-4-8-17(14)22-18;1-2-4-5-3-1/h1-11H;. The van der Waals surface area contributed by atoms with Gasteiger partial charge in [-0.05, 0) is 30.3 Å². The fourth-order valence-electron chi connectivity index (χ4n) is 2.92. The normalized spacial score (nSPS) is 12.7. The summed E-state index contributed by atoms with van der Waals surface area (Å²) in [6, 6.07) is 20.1. The maximum Gasteiger partial charge on any atom is 0.301 e. The summed E-state index contributed by atoms with van der Waals surface area (Å²) in [7, 11) is 2.17. The molecule has 0 N–H and O–H groups in total. The van der Waals surface area contributed by atoms with Gasteiger partial charge in [0.1, 0.15) is 5.82 Å². The van der Waals surface area contributed by atoms with Crippen LogP contribution in [0.3, 0.4) is 0 Å². The van der Waals surface area contributed by atoms with Crippen LogP contribution in [0.25, 0.3) is 32.9 Å². The molecular weight excluding hydrogens is 413 g/mol. The highest BCUT2D eigenvalue weighted by Crippen LogP contribution is 2.36. The Morgan fingerprint density at radius 1 is 0.852 bits per heavy atom. The fourth-order valence-corrected chi connectivity index (χ4v) is 5.80. The van der Waals surface area contributed by atoms with Crippen molar-refractivity contribution in [3.63, 3.8) is 0 Å². The van der Waals surface area contributed by atoms with Crippen LogP contribution in [0.5, 0.6) is 0 Å². The largest absolute Gasteiger partial charge is 0.425 e. The third-order valence-corrected chi connectivity index (χ3v) is 7.90. The minimum atomic E-state index is -0.250. The van der Waals surface area contributed by atoms with Crippen molar-refractivity contribution >= 4 is 59.7 Å². The van der Waals surface area contributed by atoms with Gasteiger partial charge in [-0.1, -0.05) is 48.0 Å². The molecule has 130 valence electrons. The molecule has 0 atom stereocenters. The second-order valence-corrected chi connectivity index (χ2v) is 11.3. The number of para-hydroxylation sites is 1. The second-order valence-electron chi connectivity index (χ2n) is 5.64. The Bertz CT molecular complexity index is 1150. The summed E-state index contributed by atoms with van der Waals surface area (Å²) in [6.45, 7) is 0. The van der Waals surface area contributed by atoms with Gasteiger partial charge >= 0.3 is 18.1 Å². The summed E-state index contributed by atoms with van der Waals surface area (Å²) in [5.41, 5.74) is 3.05. The number of fused-ring (bicyclic) bond motifs is 2. The van der Waals surface area contributed by atoms with Gasteiger partial charge in [-0.2, -0.15) is 0 Å². The van der Waals surface area contributed by atoms with Crippen molar-refractivity contribution in [1.29, 1.82) is 0 Å². The predicted molar refractivity (Wildman–Crippen MR) is 109 cm³/mol. The number of nitrogens with zero attached hydrogens (tertiary/aromatic N) is 1. The van der Waals surface area contributed by atoms with E-state index >= 15 is 0 Å². The van der Waals surface area contributed by atoms with Crippen LogP contribution in [0.1, 0.15) is 0 Å². The lowest BCUT2D eigenvalue weighted by molar-refractivity contribution is -0.0861. The van der Waals surface area contributed by atoms with Crippen molar-refractivity contribution in [1.82, 2.24) is 4.98 Å². The highest BCUT2D eigenvalue weighted by Gasteiger charge is 2.14. The second kappa shape index (κ2) is 8.32. The van der Waals surface area contributed by atoms with Crippen molar-refractivity contribution in [2.24, 2.45) is 0 Å². The first-order valence-corrected chi connectivity index (χ1v) is 13.2. The van der Waals surface area contributed by atoms with Gasteiger partial charge in [0.05, 0.1) is 19.2 Å². The summed E-state index contributed by atoms with van der Waals surface area (Å²) < 4.78 is 23.4. The van der Waals surface area contributed by atoms with Crippen LogP contribution < -0.4 is 0 Å². The third-order valence-electron chi connectivity index (χ3n) is 4.01. The zero-order chi connectivity index (χ0) is 18.6. The van der Waals surface area contributed by atoms with E-state index < -0.39 is 0 Å². The highest BCUT2D eigenvalue weighted by molar-refractivity contribution is 7.08. The molecule has 8 heteroatoms. The molecule has 3 nitrogen and oxygen atoms in total. The van der Waals surface area contributed by atoms with E-state index in [9.17, 15) is 4.39 Å². The van der Waals surface area contributed by atoms with E-state index in [1.165, 1.54) is 6.07 Å². The maximum atomic E-state index is 14.4. The summed E-state index contributed by atoms with van der Waals surface area (Å²) >= 11 is 6.15. The molecule has 0 aliphatic carbocycles. The van der Waals surface area contributed by atoms with Crippen LogP contribution in [-0.2, 0) is 9.15 Å². The monoisotopic (exact) mass is 423 g/mol. The van der Waals surface area contributed by atoms with Gasteiger partial charge in [0, 0.05) is 26.9 Å². The number of aromatic nitrogens is 1. The lowest BCUT2D eigenvalue weighted by atomic mass is 9.96. The molecule has 0 saturated heterocycles. The van der Waals surface area contributed by atoms with E-state index in [0.29, 0.717) is 28.7 Å². The molecule has 0 saturated carbocycles. The van der Waals surface area contributed by atoms with Crippen LogP contribution in [0.2, 0.25) is 5.02 Å². The van der Waals surface area contributed by atoms with E-state index in [2.05, 4.69) is 14.1 Å². The lowest BCUT2D eigenvalue weighted by Crippen LogP contribution is -1.91. The van der Waals surface area contributed by atoms with Gasteiger partial charge in [-0.25, -0.2) is 9.37 Å². The smallest absolute Gasteiger partial charge is 0.301 e. The first-order valence-electron chi connectivity index (χ1n) is 8.04.